The van der Waals surface area contributed by atoms with E-state index in [-0.39, 0.29) is 6.42 Å². The first-order valence-electron chi connectivity index (χ1n) is 10.0. The van der Waals surface area contributed by atoms with Crippen molar-refractivity contribution in [2.24, 2.45) is 0 Å². The van der Waals surface area contributed by atoms with Crippen molar-refractivity contribution < 1.29 is 14.6 Å². The maximum Gasteiger partial charge on any atom is 0.307 e. The van der Waals surface area contributed by atoms with Gasteiger partial charge in [0.2, 0.25) is 0 Å². The van der Waals surface area contributed by atoms with E-state index >= 15 is 0 Å². The second kappa shape index (κ2) is 8.44. The fraction of sp³-hybridized carbons (Fsp3) is 0.240. The molecule has 0 unspecified atom stereocenters. The number of carboxylic acid groups (broad SMARTS) is 1. The zero-order chi connectivity index (χ0) is 21.3. The third-order valence-electron chi connectivity index (χ3n) is 5.56. The van der Waals surface area contributed by atoms with E-state index in [1.807, 2.05) is 18.4 Å². The molecule has 1 heterocycles. The number of aryl methyl sites for hydroxylation is 1. The van der Waals surface area contributed by atoms with Crippen LogP contribution in [0, 0.1) is 0 Å². The smallest absolute Gasteiger partial charge is 0.307 e. The molecule has 4 aromatic rings. The molecule has 4 nitrogen and oxygen atoms in total. The molecular weight excluding hydrogens is 394 g/mol. The van der Waals surface area contributed by atoms with Crippen LogP contribution in [-0.4, -0.2) is 29.0 Å². The number of hydrogen-bond donors (Lipinski definition) is 1. The highest BCUT2D eigenvalue weighted by atomic mass is 32.2. The van der Waals surface area contributed by atoms with Crippen LogP contribution in [0.2, 0.25) is 0 Å². The molecule has 1 N–H and O–H groups in total. The molecule has 154 valence electrons. The van der Waals surface area contributed by atoms with E-state index in [0.717, 1.165) is 45.6 Å². The van der Waals surface area contributed by atoms with Crippen molar-refractivity contribution in [2.45, 2.75) is 31.2 Å². The Kier molecular flexibility index (Phi) is 5.73. The van der Waals surface area contributed by atoms with Gasteiger partial charge in [0, 0.05) is 27.7 Å². The number of hydrogen-bond acceptors (Lipinski definition) is 3. The summed E-state index contributed by atoms with van der Waals surface area (Å²) in [6.07, 6.45) is 2.88. The molecule has 0 fully saturated rings. The van der Waals surface area contributed by atoms with Gasteiger partial charge in [-0.3, -0.25) is 4.79 Å². The minimum atomic E-state index is -0.806. The molecular formula is C25H25NO3S. The first-order valence-corrected chi connectivity index (χ1v) is 11.2. The zero-order valence-corrected chi connectivity index (χ0v) is 18.3. The molecule has 0 aliphatic carbocycles. The second-order valence-corrected chi connectivity index (χ2v) is 8.15. The van der Waals surface area contributed by atoms with E-state index in [1.165, 1.54) is 16.5 Å². The fourth-order valence-corrected chi connectivity index (χ4v) is 5.05. The Bertz CT molecular complexity index is 1230. The molecule has 1 aromatic heterocycles. The van der Waals surface area contributed by atoms with Gasteiger partial charge >= 0.3 is 5.97 Å². The average molecular weight is 420 g/mol. The highest BCUT2D eigenvalue weighted by Gasteiger charge is 2.21. The highest BCUT2D eigenvalue weighted by Crippen LogP contribution is 2.41. The lowest BCUT2D eigenvalue weighted by molar-refractivity contribution is -0.136. The third-order valence-corrected chi connectivity index (χ3v) is 6.42. The summed E-state index contributed by atoms with van der Waals surface area (Å²) in [5.74, 6) is 0.0164. The van der Waals surface area contributed by atoms with Gasteiger partial charge in [-0.25, -0.2) is 0 Å². The van der Waals surface area contributed by atoms with Gasteiger partial charge < -0.3 is 14.4 Å². The Hall–Kier alpha value is -2.92. The van der Waals surface area contributed by atoms with E-state index in [1.54, 1.807) is 18.9 Å². The van der Waals surface area contributed by atoms with Crippen molar-refractivity contribution in [1.29, 1.82) is 0 Å². The summed E-state index contributed by atoms with van der Waals surface area (Å²) in [6, 6.07) is 18.7. The summed E-state index contributed by atoms with van der Waals surface area (Å²) in [5.41, 5.74) is 5.51. The predicted molar refractivity (Wildman–Crippen MR) is 124 cm³/mol. The van der Waals surface area contributed by atoms with E-state index < -0.39 is 5.97 Å². The number of fused-ring (bicyclic) bond motifs is 3. The summed E-state index contributed by atoms with van der Waals surface area (Å²) in [6.45, 7) is 2.85. The van der Waals surface area contributed by atoms with Crippen molar-refractivity contribution in [3.8, 4) is 5.75 Å². The molecule has 0 bridgehead atoms. The van der Waals surface area contributed by atoms with Gasteiger partial charge in [-0.1, -0.05) is 43.3 Å². The van der Waals surface area contributed by atoms with Gasteiger partial charge in [-0.15, -0.1) is 11.8 Å². The fourth-order valence-electron chi connectivity index (χ4n) is 4.25. The molecule has 0 atom stereocenters. The molecule has 0 saturated carbocycles. The summed E-state index contributed by atoms with van der Waals surface area (Å²) in [4.78, 5) is 12.6. The molecule has 0 saturated heterocycles. The lowest BCUT2D eigenvalue weighted by atomic mass is 9.99. The maximum atomic E-state index is 11.6. The van der Waals surface area contributed by atoms with Crippen LogP contribution in [0.1, 0.15) is 23.6 Å². The van der Waals surface area contributed by atoms with Crippen LogP contribution >= 0.6 is 11.8 Å². The van der Waals surface area contributed by atoms with Gasteiger partial charge in [0.15, 0.2) is 0 Å². The van der Waals surface area contributed by atoms with Gasteiger partial charge in [0.1, 0.15) is 5.75 Å². The first-order chi connectivity index (χ1) is 14.6. The Balaban J connectivity index is 2.13. The van der Waals surface area contributed by atoms with Gasteiger partial charge in [-0.2, -0.15) is 0 Å². The highest BCUT2D eigenvalue weighted by molar-refractivity contribution is 7.98. The topological polar surface area (TPSA) is 51.5 Å². The number of thioether (sulfide) groups is 1. The Morgan fingerprint density at radius 2 is 1.87 bits per heavy atom. The molecule has 30 heavy (non-hydrogen) atoms. The monoisotopic (exact) mass is 419 g/mol. The Morgan fingerprint density at radius 3 is 2.50 bits per heavy atom. The number of aromatic nitrogens is 1. The number of carbonyl (C=O) groups is 1. The minimum Gasteiger partial charge on any atom is -0.497 e. The van der Waals surface area contributed by atoms with Crippen molar-refractivity contribution >= 4 is 39.5 Å². The Labute approximate surface area is 180 Å². The number of carboxylic acids is 1. The SMILES string of the molecule is CCc1cc(CC(=O)O)c(SC)c2c1c1cc(OC)ccc1n2Cc1ccccc1. The van der Waals surface area contributed by atoms with E-state index in [0.29, 0.717) is 0 Å². The van der Waals surface area contributed by atoms with Gasteiger partial charge in [0.05, 0.1) is 19.0 Å². The molecule has 0 spiro atoms. The number of aliphatic carboxylic acids is 1. The molecule has 4 rings (SSSR count). The minimum absolute atomic E-state index is 0.0231. The van der Waals surface area contributed by atoms with Crippen LogP contribution in [0.5, 0.6) is 5.75 Å². The van der Waals surface area contributed by atoms with Crippen LogP contribution in [0.15, 0.2) is 59.5 Å². The summed E-state index contributed by atoms with van der Waals surface area (Å²) < 4.78 is 7.84. The van der Waals surface area contributed by atoms with Crippen molar-refractivity contribution in [3.05, 3.63) is 71.3 Å². The third kappa shape index (κ3) is 3.54. The van der Waals surface area contributed by atoms with Crippen LogP contribution in [0.4, 0.5) is 0 Å². The number of ether oxygens (including phenoxy) is 1. The zero-order valence-electron chi connectivity index (χ0n) is 17.4. The molecule has 0 amide bonds. The van der Waals surface area contributed by atoms with Crippen LogP contribution < -0.4 is 4.74 Å². The molecule has 0 radical (unpaired) electrons. The van der Waals surface area contributed by atoms with Gasteiger partial charge in [0.25, 0.3) is 0 Å². The van der Waals surface area contributed by atoms with E-state index in [2.05, 4.69) is 54.0 Å². The van der Waals surface area contributed by atoms with Crippen LogP contribution in [-0.2, 0) is 24.2 Å². The van der Waals surface area contributed by atoms with Gasteiger partial charge in [-0.05, 0) is 47.6 Å². The summed E-state index contributed by atoms with van der Waals surface area (Å²) in [5, 5.41) is 11.8. The summed E-state index contributed by atoms with van der Waals surface area (Å²) >= 11 is 1.62. The number of benzene rings is 3. The average Bonchev–Trinajstić information content (AvgIpc) is 3.07. The maximum absolute atomic E-state index is 11.6. The molecule has 3 aromatic carbocycles. The van der Waals surface area contributed by atoms with Crippen molar-refractivity contribution in [2.75, 3.05) is 13.4 Å². The standard InChI is InChI=1S/C25H25NO3S/c1-4-17-12-18(13-22(27)28)25(30-3)24-23(17)20-14-19(29-2)10-11-21(20)26(24)15-16-8-6-5-7-9-16/h5-12,14H,4,13,15H2,1-3H3,(H,27,28). The molecule has 0 aliphatic rings. The lowest BCUT2D eigenvalue weighted by Crippen LogP contribution is -2.06. The largest absolute Gasteiger partial charge is 0.497 e. The number of rotatable bonds is 7. The quantitative estimate of drug-likeness (QED) is 0.387. The van der Waals surface area contributed by atoms with E-state index in [9.17, 15) is 9.90 Å². The summed E-state index contributed by atoms with van der Waals surface area (Å²) in [7, 11) is 1.68. The first kappa shape index (κ1) is 20.4. The Morgan fingerprint density at radius 1 is 1.10 bits per heavy atom. The van der Waals surface area contributed by atoms with E-state index in [4.69, 9.17) is 4.74 Å². The number of nitrogens with zero attached hydrogens (tertiary/aromatic N) is 1. The van der Waals surface area contributed by atoms with Crippen LogP contribution in [0.3, 0.4) is 0 Å². The lowest BCUT2D eigenvalue weighted by Gasteiger charge is -2.15. The molecule has 5 heteroatoms. The van der Waals surface area contributed by atoms with Crippen molar-refractivity contribution in [1.82, 2.24) is 4.57 Å². The second-order valence-electron chi connectivity index (χ2n) is 7.33. The van der Waals surface area contributed by atoms with Crippen molar-refractivity contribution in [3.63, 3.8) is 0 Å². The van der Waals surface area contributed by atoms with Crippen LogP contribution in [0.25, 0.3) is 21.8 Å². The number of methoxy groups -OCH3 is 1. The predicted octanol–water partition coefficient (Wildman–Crippen LogP) is 5.76. The molecule has 0 aliphatic heterocycles. The normalized spacial score (nSPS) is 11.3.